The van der Waals surface area contributed by atoms with Crippen molar-refractivity contribution in [1.82, 2.24) is 19.7 Å². The highest BCUT2D eigenvalue weighted by atomic mass is 16.4. The van der Waals surface area contributed by atoms with Gasteiger partial charge in [0.1, 0.15) is 5.54 Å². The molecule has 3 aromatic rings. The van der Waals surface area contributed by atoms with Crippen molar-refractivity contribution < 1.29 is 9.90 Å². The molecule has 1 fully saturated rings. The molecule has 1 atom stereocenters. The van der Waals surface area contributed by atoms with Crippen LogP contribution in [0.4, 0.5) is 0 Å². The van der Waals surface area contributed by atoms with Gasteiger partial charge in [0.2, 0.25) is 0 Å². The SMILES string of the molecule is NC1(C(=O)O)CCN(Cc2cn(-c3ccccc3)nc2-c2ccncc2)C1. The van der Waals surface area contributed by atoms with Gasteiger partial charge in [0, 0.05) is 49.4 Å². The van der Waals surface area contributed by atoms with Crippen LogP contribution in [0.25, 0.3) is 16.9 Å². The summed E-state index contributed by atoms with van der Waals surface area (Å²) in [4.78, 5) is 17.6. The quantitative estimate of drug-likeness (QED) is 0.719. The predicted octanol–water partition coefficient (Wildman–Crippen LogP) is 1.92. The molecule has 1 aliphatic rings. The first-order valence-electron chi connectivity index (χ1n) is 8.84. The Labute approximate surface area is 157 Å². The summed E-state index contributed by atoms with van der Waals surface area (Å²) in [6, 6.07) is 13.8. The number of nitrogens with zero attached hydrogens (tertiary/aromatic N) is 4. The van der Waals surface area contributed by atoms with E-state index in [0.717, 1.165) is 22.5 Å². The Kier molecular flexibility index (Phi) is 4.47. The molecule has 7 nitrogen and oxygen atoms in total. The maximum atomic E-state index is 11.4. The number of para-hydroxylation sites is 1. The van der Waals surface area contributed by atoms with E-state index in [-0.39, 0.29) is 0 Å². The second-order valence-electron chi connectivity index (χ2n) is 6.94. The van der Waals surface area contributed by atoms with Crippen LogP contribution in [0, 0.1) is 0 Å². The summed E-state index contributed by atoms with van der Waals surface area (Å²) < 4.78 is 1.86. The monoisotopic (exact) mass is 363 g/mol. The van der Waals surface area contributed by atoms with Gasteiger partial charge in [-0.3, -0.25) is 14.7 Å². The van der Waals surface area contributed by atoms with Gasteiger partial charge in [0.25, 0.3) is 0 Å². The Bertz CT molecular complexity index is 942. The summed E-state index contributed by atoms with van der Waals surface area (Å²) in [5.41, 5.74) is 8.69. The number of carboxylic acid groups (broad SMARTS) is 1. The zero-order chi connectivity index (χ0) is 18.9. The fourth-order valence-electron chi connectivity index (χ4n) is 3.46. The van der Waals surface area contributed by atoms with Crippen LogP contribution in [0.15, 0.2) is 61.1 Å². The van der Waals surface area contributed by atoms with Crippen LogP contribution in [0.5, 0.6) is 0 Å². The van der Waals surface area contributed by atoms with E-state index in [1.807, 2.05) is 53.3 Å². The van der Waals surface area contributed by atoms with Gasteiger partial charge in [-0.25, -0.2) is 4.68 Å². The lowest BCUT2D eigenvalue weighted by molar-refractivity contribution is -0.142. The molecule has 3 heterocycles. The van der Waals surface area contributed by atoms with E-state index in [9.17, 15) is 9.90 Å². The van der Waals surface area contributed by atoms with Gasteiger partial charge < -0.3 is 10.8 Å². The maximum Gasteiger partial charge on any atom is 0.325 e. The van der Waals surface area contributed by atoms with Gasteiger partial charge >= 0.3 is 5.97 Å². The number of hydrogen-bond acceptors (Lipinski definition) is 5. The Morgan fingerprint density at radius 3 is 2.59 bits per heavy atom. The first kappa shape index (κ1) is 17.4. The topological polar surface area (TPSA) is 97.3 Å². The fraction of sp³-hybridized carbons (Fsp3) is 0.250. The summed E-state index contributed by atoms with van der Waals surface area (Å²) in [7, 11) is 0. The van der Waals surface area contributed by atoms with Gasteiger partial charge in [0.05, 0.1) is 11.4 Å². The number of nitrogens with two attached hydrogens (primary N) is 1. The molecule has 1 aliphatic heterocycles. The van der Waals surface area contributed by atoms with Gasteiger partial charge in [-0.2, -0.15) is 5.10 Å². The van der Waals surface area contributed by atoms with Crippen LogP contribution in [0.2, 0.25) is 0 Å². The molecule has 0 aliphatic carbocycles. The number of rotatable bonds is 5. The Morgan fingerprint density at radius 1 is 1.19 bits per heavy atom. The first-order chi connectivity index (χ1) is 13.0. The van der Waals surface area contributed by atoms with E-state index < -0.39 is 11.5 Å². The van der Waals surface area contributed by atoms with Gasteiger partial charge in [-0.1, -0.05) is 18.2 Å². The lowest BCUT2D eigenvalue weighted by Crippen LogP contribution is -2.50. The molecule has 0 bridgehead atoms. The molecule has 2 aromatic heterocycles. The highest BCUT2D eigenvalue weighted by molar-refractivity contribution is 5.79. The van der Waals surface area contributed by atoms with Gasteiger partial charge in [0.15, 0.2) is 0 Å². The number of carboxylic acids is 1. The lowest BCUT2D eigenvalue weighted by atomic mass is 10.0. The molecule has 7 heteroatoms. The summed E-state index contributed by atoms with van der Waals surface area (Å²) in [6.07, 6.45) is 5.93. The summed E-state index contributed by atoms with van der Waals surface area (Å²) in [6.45, 7) is 1.57. The second kappa shape index (κ2) is 6.94. The van der Waals surface area contributed by atoms with Crippen molar-refractivity contribution in [2.45, 2.75) is 18.5 Å². The van der Waals surface area contributed by atoms with Crippen molar-refractivity contribution >= 4 is 5.97 Å². The van der Waals surface area contributed by atoms with Crippen molar-refractivity contribution in [3.63, 3.8) is 0 Å². The minimum atomic E-state index is -1.17. The molecular formula is C20H21N5O2. The molecule has 3 N–H and O–H groups in total. The highest BCUT2D eigenvalue weighted by Crippen LogP contribution is 2.27. The van der Waals surface area contributed by atoms with Crippen molar-refractivity contribution in [3.8, 4) is 16.9 Å². The van der Waals surface area contributed by atoms with E-state index in [4.69, 9.17) is 10.8 Å². The molecule has 0 radical (unpaired) electrons. The zero-order valence-electron chi connectivity index (χ0n) is 14.8. The molecule has 27 heavy (non-hydrogen) atoms. The van der Waals surface area contributed by atoms with Crippen molar-refractivity contribution in [2.75, 3.05) is 13.1 Å². The Morgan fingerprint density at radius 2 is 1.93 bits per heavy atom. The van der Waals surface area contributed by atoms with Gasteiger partial charge in [-0.05, 0) is 30.7 Å². The third-order valence-corrected chi connectivity index (χ3v) is 4.96. The summed E-state index contributed by atoms with van der Waals surface area (Å²) in [5, 5.41) is 14.1. The third kappa shape index (κ3) is 3.47. The van der Waals surface area contributed by atoms with Crippen molar-refractivity contribution in [3.05, 3.63) is 66.6 Å². The number of benzene rings is 1. The number of likely N-dealkylation sites (tertiary alicyclic amines) is 1. The van der Waals surface area contributed by atoms with E-state index in [1.165, 1.54) is 0 Å². The second-order valence-corrected chi connectivity index (χ2v) is 6.94. The molecule has 138 valence electrons. The summed E-state index contributed by atoms with van der Waals surface area (Å²) >= 11 is 0. The number of pyridine rings is 1. The smallest absolute Gasteiger partial charge is 0.325 e. The lowest BCUT2D eigenvalue weighted by Gasteiger charge is -2.19. The molecule has 0 amide bonds. The van der Waals surface area contributed by atoms with Crippen LogP contribution >= 0.6 is 0 Å². The van der Waals surface area contributed by atoms with Crippen molar-refractivity contribution in [1.29, 1.82) is 0 Å². The molecule has 0 saturated carbocycles. The molecule has 4 rings (SSSR count). The predicted molar refractivity (Wildman–Crippen MR) is 101 cm³/mol. The maximum absolute atomic E-state index is 11.4. The van der Waals surface area contributed by atoms with Crippen LogP contribution in [0.3, 0.4) is 0 Å². The van der Waals surface area contributed by atoms with E-state index >= 15 is 0 Å². The molecule has 0 spiro atoms. The number of carbonyl (C=O) groups is 1. The van der Waals surface area contributed by atoms with Crippen LogP contribution in [0.1, 0.15) is 12.0 Å². The van der Waals surface area contributed by atoms with Gasteiger partial charge in [-0.15, -0.1) is 0 Å². The van der Waals surface area contributed by atoms with E-state index in [1.54, 1.807) is 12.4 Å². The standard InChI is InChI=1S/C20H21N5O2/c21-20(19(26)27)8-11-24(14-20)12-16-13-25(17-4-2-1-3-5-17)23-18(16)15-6-9-22-10-7-15/h1-7,9-10,13H,8,11-12,14,21H2,(H,26,27). The molecule has 1 saturated heterocycles. The minimum Gasteiger partial charge on any atom is -0.480 e. The molecule has 1 unspecified atom stereocenters. The Balaban J connectivity index is 1.67. The fourth-order valence-corrected chi connectivity index (χ4v) is 3.46. The first-order valence-corrected chi connectivity index (χ1v) is 8.84. The highest BCUT2D eigenvalue weighted by Gasteiger charge is 2.41. The van der Waals surface area contributed by atoms with E-state index in [0.29, 0.717) is 26.1 Å². The van der Waals surface area contributed by atoms with Crippen LogP contribution < -0.4 is 5.73 Å². The third-order valence-electron chi connectivity index (χ3n) is 4.96. The molecule has 1 aromatic carbocycles. The molecular weight excluding hydrogens is 342 g/mol. The largest absolute Gasteiger partial charge is 0.480 e. The number of aromatic nitrogens is 3. The number of aliphatic carboxylic acids is 1. The zero-order valence-corrected chi connectivity index (χ0v) is 14.8. The van der Waals surface area contributed by atoms with E-state index in [2.05, 4.69) is 9.88 Å². The average Bonchev–Trinajstić information content (AvgIpc) is 3.28. The Hall–Kier alpha value is -3.03. The average molecular weight is 363 g/mol. The van der Waals surface area contributed by atoms with Crippen LogP contribution in [-0.2, 0) is 11.3 Å². The van der Waals surface area contributed by atoms with Crippen LogP contribution in [-0.4, -0.2) is 49.4 Å². The number of hydrogen-bond donors (Lipinski definition) is 2. The normalized spacial score (nSPS) is 20.0. The minimum absolute atomic E-state index is 0.328. The van der Waals surface area contributed by atoms with Crippen molar-refractivity contribution in [2.24, 2.45) is 5.73 Å². The summed E-state index contributed by atoms with van der Waals surface area (Å²) in [5.74, 6) is -0.945.